The highest BCUT2D eigenvalue weighted by atomic mass is 16.7. The van der Waals surface area contributed by atoms with Gasteiger partial charge in [0.2, 0.25) is 0 Å². The molecule has 0 aliphatic carbocycles. The second kappa shape index (κ2) is 14.0. The third-order valence-corrected chi connectivity index (χ3v) is 3.69. The Hall–Kier alpha value is -1.61. The average Bonchev–Trinajstić information content (AvgIpc) is 2.60. The number of ether oxygens (including phenoxy) is 2. The maximum atomic E-state index is 11.0. The minimum Gasteiger partial charge on any atom is -0.464 e. The Morgan fingerprint density at radius 3 is 2.39 bits per heavy atom. The van der Waals surface area contributed by atoms with Gasteiger partial charge in [-0.3, -0.25) is 4.79 Å². The summed E-state index contributed by atoms with van der Waals surface area (Å²) in [5, 5.41) is 0. The van der Waals surface area contributed by atoms with Gasteiger partial charge in [0.05, 0.1) is 6.61 Å². The van der Waals surface area contributed by atoms with Crippen molar-refractivity contribution < 1.29 is 14.3 Å². The Kier molecular flexibility index (Phi) is 11.8. The number of aldehydes is 1. The van der Waals surface area contributed by atoms with E-state index in [1.54, 1.807) is 0 Å². The van der Waals surface area contributed by atoms with Crippen molar-refractivity contribution in [3.63, 3.8) is 0 Å². The van der Waals surface area contributed by atoms with E-state index in [2.05, 4.69) is 6.92 Å². The van der Waals surface area contributed by atoms with Gasteiger partial charge in [-0.2, -0.15) is 0 Å². The molecular formula is C20H30O3. The molecule has 0 N–H and O–H groups in total. The van der Waals surface area contributed by atoms with E-state index in [4.69, 9.17) is 9.47 Å². The van der Waals surface area contributed by atoms with Crippen molar-refractivity contribution in [1.29, 1.82) is 0 Å². The summed E-state index contributed by atoms with van der Waals surface area (Å²) in [5.74, 6) is 0.379. The van der Waals surface area contributed by atoms with Crippen molar-refractivity contribution in [2.75, 3.05) is 6.79 Å². The predicted octanol–water partition coefficient (Wildman–Crippen LogP) is 5.40. The number of hydrogen-bond donors (Lipinski definition) is 0. The lowest BCUT2D eigenvalue weighted by Gasteiger charge is -2.07. The highest BCUT2D eigenvalue weighted by Crippen LogP contribution is 2.10. The van der Waals surface area contributed by atoms with E-state index >= 15 is 0 Å². The van der Waals surface area contributed by atoms with Gasteiger partial charge in [0, 0.05) is 0 Å². The van der Waals surface area contributed by atoms with Crippen molar-refractivity contribution >= 4 is 6.29 Å². The zero-order valence-corrected chi connectivity index (χ0v) is 14.3. The molecular weight excluding hydrogens is 288 g/mol. The molecule has 0 atom stereocenters. The molecule has 1 aromatic rings. The molecule has 23 heavy (non-hydrogen) atoms. The molecule has 0 fully saturated rings. The Morgan fingerprint density at radius 1 is 1.00 bits per heavy atom. The van der Waals surface area contributed by atoms with Gasteiger partial charge in [-0.1, -0.05) is 75.8 Å². The summed E-state index contributed by atoms with van der Waals surface area (Å²) in [6, 6.07) is 9.90. The monoisotopic (exact) mass is 318 g/mol. The first-order chi connectivity index (χ1) is 11.4. The quantitative estimate of drug-likeness (QED) is 0.151. The average molecular weight is 318 g/mol. The summed E-state index contributed by atoms with van der Waals surface area (Å²) in [6.07, 6.45) is 12.4. The molecule has 0 amide bonds. The minimum atomic E-state index is 0.108. The molecule has 0 aliphatic rings. The predicted molar refractivity (Wildman–Crippen MR) is 93.9 cm³/mol. The van der Waals surface area contributed by atoms with Crippen LogP contribution in [0, 0.1) is 0 Å². The zero-order valence-electron chi connectivity index (χ0n) is 14.3. The van der Waals surface area contributed by atoms with E-state index in [9.17, 15) is 4.79 Å². The summed E-state index contributed by atoms with van der Waals surface area (Å²) in [4.78, 5) is 11.0. The van der Waals surface area contributed by atoms with Gasteiger partial charge in [0.1, 0.15) is 0 Å². The maximum Gasteiger partial charge on any atom is 0.189 e. The zero-order chi connectivity index (χ0) is 16.6. The molecule has 0 saturated carbocycles. The second-order valence-electron chi connectivity index (χ2n) is 5.73. The van der Waals surface area contributed by atoms with Crippen molar-refractivity contribution in [3.8, 4) is 0 Å². The third kappa shape index (κ3) is 10.7. The normalized spacial score (nSPS) is 11.4. The van der Waals surface area contributed by atoms with Crippen LogP contribution in [0.15, 0.2) is 42.2 Å². The molecule has 0 spiro atoms. The smallest absolute Gasteiger partial charge is 0.189 e. The van der Waals surface area contributed by atoms with Gasteiger partial charge < -0.3 is 9.47 Å². The molecule has 0 unspecified atom stereocenters. The Bertz CT molecular complexity index is 426. The molecule has 128 valence electrons. The van der Waals surface area contributed by atoms with Crippen molar-refractivity contribution in [2.24, 2.45) is 0 Å². The molecule has 0 saturated heterocycles. The molecule has 0 radical (unpaired) electrons. The first-order valence-corrected chi connectivity index (χ1v) is 8.76. The largest absolute Gasteiger partial charge is 0.464 e. The van der Waals surface area contributed by atoms with Crippen LogP contribution in [0.25, 0.3) is 0 Å². The highest BCUT2D eigenvalue weighted by molar-refractivity contribution is 5.69. The fourth-order valence-electron chi connectivity index (χ4n) is 2.33. The fourth-order valence-corrected chi connectivity index (χ4v) is 2.33. The number of hydrogen-bond acceptors (Lipinski definition) is 3. The van der Waals surface area contributed by atoms with Gasteiger partial charge >= 0.3 is 0 Å². The second-order valence-corrected chi connectivity index (χ2v) is 5.73. The van der Waals surface area contributed by atoms with E-state index < -0.39 is 0 Å². The molecule has 0 aliphatic heterocycles. The number of allylic oxidation sites excluding steroid dienone is 2. The lowest BCUT2D eigenvalue weighted by Crippen LogP contribution is -2.01. The Morgan fingerprint density at radius 2 is 1.70 bits per heavy atom. The summed E-state index contributed by atoms with van der Waals surface area (Å²) < 4.78 is 10.8. The van der Waals surface area contributed by atoms with Gasteiger partial charge in [-0.25, -0.2) is 0 Å². The van der Waals surface area contributed by atoms with E-state index in [1.165, 1.54) is 38.5 Å². The topological polar surface area (TPSA) is 35.5 Å². The number of carbonyl (C=O) groups excluding carboxylic acids is 1. The summed E-state index contributed by atoms with van der Waals surface area (Å²) >= 11 is 0. The first kappa shape index (κ1) is 19.4. The summed E-state index contributed by atoms with van der Waals surface area (Å²) in [6.45, 7) is 2.83. The number of benzene rings is 1. The van der Waals surface area contributed by atoms with Crippen LogP contribution < -0.4 is 0 Å². The standard InChI is InChI=1S/C20H30O3/c1-2-3-4-5-6-7-8-12-15-20(16-21)23-18-22-17-19-13-10-9-11-14-19/h9-11,13-16H,2-8,12,17-18H2,1H3/b20-15+. The molecule has 1 rings (SSSR count). The van der Waals surface area contributed by atoms with Crippen LogP contribution >= 0.6 is 0 Å². The molecule has 0 heterocycles. The van der Waals surface area contributed by atoms with Crippen LogP contribution in [0.5, 0.6) is 0 Å². The molecule has 3 heteroatoms. The van der Waals surface area contributed by atoms with E-state index in [-0.39, 0.29) is 6.79 Å². The van der Waals surface area contributed by atoms with Crippen molar-refractivity contribution in [3.05, 3.63) is 47.7 Å². The van der Waals surface area contributed by atoms with Gasteiger partial charge in [-0.15, -0.1) is 0 Å². The van der Waals surface area contributed by atoms with E-state index in [0.717, 1.165) is 24.7 Å². The van der Waals surface area contributed by atoms with E-state index in [1.807, 2.05) is 36.4 Å². The Labute approximate surface area is 140 Å². The van der Waals surface area contributed by atoms with Crippen LogP contribution in [-0.2, 0) is 20.9 Å². The molecule has 0 bridgehead atoms. The maximum absolute atomic E-state index is 11.0. The van der Waals surface area contributed by atoms with Crippen LogP contribution in [0.4, 0.5) is 0 Å². The van der Waals surface area contributed by atoms with E-state index in [0.29, 0.717) is 12.4 Å². The lowest BCUT2D eigenvalue weighted by molar-refractivity contribution is -0.111. The van der Waals surface area contributed by atoms with Crippen LogP contribution in [0.1, 0.15) is 63.9 Å². The van der Waals surface area contributed by atoms with Gasteiger partial charge in [-0.05, 0) is 24.5 Å². The van der Waals surface area contributed by atoms with Crippen LogP contribution in [0.2, 0.25) is 0 Å². The minimum absolute atomic E-state index is 0.108. The first-order valence-electron chi connectivity index (χ1n) is 8.76. The lowest BCUT2D eigenvalue weighted by atomic mass is 10.1. The van der Waals surface area contributed by atoms with Crippen molar-refractivity contribution in [1.82, 2.24) is 0 Å². The highest BCUT2D eigenvalue weighted by Gasteiger charge is 1.97. The number of unbranched alkanes of at least 4 members (excludes halogenated alkanes) is 7. The number of carbonyl (C=O) groups is 1. The fraction of sp³-hybridized carbons (Fsp3) is 0.550. The van der Waals surface area contributed by atoms with Gasteiger partial charge in [0.25, 0.3) is 0 Å². The van der Waals surface area contributed by atoms with Crippen LogP contribution in [0.3, 0.4) is 0 Å². The van der Waals surface area contributed by atoms with Crippen LogP contribution in [-0.4, -0.2) is 13.1 Å². The van der Waals surface area contributed by atoms with Gasteiger partial charge in [0.15, 0.2) is 18.8 Å². The molecule has 0 aromatic heterocycles. The molecule has 1 aromatic carbocycles. The third-order valence-electron chi connectivity index (χ3n) is 3.69. The SMILES string of the molecule is CCCCCCCCC/C=C(\C=O)OCOCc1ccccc1. The van der Waals surface area contributed by atoms with Crippen molar-refractivity contribution in [2.45, 2.75) is 64.9 Å². The summed E-state index contributed by atoms with van der Waals surface area (Å²) in [5.41, 5.74) is 1.09. The Balaban J connectivity index is 2.05. The summed E-state index contributed by atoms with van der Waals surface area (Å²) in [7, 11) is 0. The molecule has 3 nitrogen and oxygen atoms in total. The number of rotatable bonds is 14.